The van der Waals surface area contributed by atoms with Gasteiger partial charge in [0.1, 0.15) is 5.60 Å². The van der Waals surface area contributed by atoms with Crippen molar-refractivity contribution in [3.05, 3.63) is 0 Å². The molecule has 0 spiro atoms. The molecule has 70 valence electrons. The van der Waals surface area contributed by atoms with Crippen LogP contribution in [0, 0.1) is 0 Å². The maximum Gasteiger partial charge on any atom is 0.338 e. The molecule has 0 radical (unpaired) electrons. The van der Waals surface area contributed by atoms with Crippen LogP contribution in [0.25, 0.3) is 0 Å². The monoisotopic (exact) mass is 172 g/mol. The van der Waals surface area contributed by atoms with Gasteiger partial charge < -0.3 is 9.47 Å². The first kappa shape index (κ1) is 9.52. The lowest BCUT2D eigenvalue weighted by Gasteiger charge is -2.42. The van der Waals surface area contributed by atoms with Gasteiger partial charge in [-0.1, -0.05) is 0 Å². The Morgan fingerprint density at radius 2 is 1.75 bits per heavy atom. The summed E-state index contributed by atoms with van der Waals surface area (Å²) < 4.78 is 10.8. The first-order valence-corrected chi connectivity index (χ1v) is 4.17. The van der Waals surface area contributed by atoms with Gasteiger partial charge in [-0.25, -0.2) is 4.79 Å². The van der Waals surface area contributed by atoms with E-state index in [2.05, 4.69) is 0 Å². The standard InChI is InChI=1S/C9H16O3/c1-6-8(2,3)12-7(10)9(4,5)11-6/h6H,1-5H3. The number of hydrogen-bond acceptors (Lipinski definition) is 3. The van der Waals surface area contributed by atoms with Gasteiger partial charge in [-0.05, 0) is 34.6 Å². The Morgan fingerprint density at radius 3 is 2.17 bits per heavy atom. The third-order valence-electron chi connectivity index (χ3n) is 2.30. The second-order valence-corrected chi connectivity index (χ2v) is 4.26. The largest absolute Gasteiger partial charge is 0.455 e. The van der Waals surface area contributed by atoms with E-state index in [1.807, 2.05) is 20.8 Å². The summed E-state index contributed by atoms with van der Waals surface area (Å²) in [6.45, 7) is 9.06. The summed E-state index contributed by atoms with van der Waals surface area (Å²) in [5, 5.41) is 0. The second kappa shape index (κ2) is 2.46. The predicted octanol–water partition coefficient (Wildman–Crippen LogP) is 1.51. The molecular weight excluding hydrogens is 156 g/mol. The molecule has 0 bridgehead atoms. The maximum atomic E-state index is 11.3. The van der Waals surface area contributed by atoms with Crippen LogP contribution in [0.5, 0.6) is 0 Å². The lowest BCUT2D eigenvalue weighted by molar-refractivity contribution is -0.237. The average molecular weight is 172 g/mol. The minimum atomic E-state index is -0.797. The summed E-state index contributed by atoms with van der Waals surface area (Å²) in [5.74, 6) is -0.286. The van der Waals surface area contributed by atoms with Gasteiger partial charge >= 0.3 is 5.97 Å². The molecule has 1 fully saturated rings. The highest BCUT2D eigenvalue weighted by atomic mass is 16.6. The van der Waals surface area contributed by atoms with Crippen LogP contribution < -0.4 is 0 Å². The number of carbonyl (C=O) groups excluding carboxylic acids is 1. The van der Waals surface area contributed by atoms with Crippen molar-refractivity contribution in [3.8, 4) is 0 Å². The second-order valence-electron chi connectivity index (χ2n) is 4.26. The lowest BCUT2D eigenvalue weighted by Crippen LogP contribution is -2.56. The van der Waals surface area contributed by atoms with Crippen molar-refractivity contribution < 1.29 is 14.3 Å². The Labute approximate surface area is 73.0 Å². The molecule has 0 amide bonds. The Morgan fingerprint density at radius 1 is 1.25 bits per heavy atom. The van der Waals surface area contributed by atoms with E-state index in [0.29, 0.717) is 0 Å². The average Bonchev–Trinajstić information content (AvgIpc) is 1.82. The van der Waals surface area contributed by atoms with Crippen molar-refractivity contribution in [1.82, 2.24) is 0 Å². The Bertz CT molecular complexity index is 206. The molecule has 1 atom stereocenters. The van der Waals surface area contributed by atoms with Crippen LogP contribution in [0.4, 0.5) is 0 Å². The van der Waals surface area contributed by atoms with Crippen LogP contribution in [0.2, 0.25) is 0 Å². The molecule has 1 saturated heterocycles. The molecule has 0 N–H and O–H groups in total. The quantitative estimate of drug-likeness (QED) is 0.519. The molecule has 3 heteroatoms. The van der Waals surface area contributed by atoms with Crippen molar-refractivity contribution >= 4 is 5.97 Å². The van der Waals surface area contributed by atoms with Crippen molar-refractivity contribution in [2.24, 2.45) is 0 Å². The topological polar surface area (TPSA) is 35.5 Å². The summed E-state index contributed by atoms with van der Waals surface area (Å²) >= 11 is 0. The smallest absolute Gasteiger partial charge is 0.338 e. The number of carbonyl (C=O) groups is 1. The lowest BCUT2D eigenvalue weighted by atomic mass is 9.98. The number of rotatable bonds is 0. The number of cyclic esters (lactones) is 1. The Kier molecular flexibility index (Phi) is 1.95. The molecule has 1 rings (SSSR count). The third kappa shape index (κ3) is 1.46. The molecule has 1 unspecified atom stereocenters. The van der Waals surface area contributed by atoms with Gasteiger partial charge in [0.15, 0.2) is 5.60 Å². The molecule has 0 saturated carbocycles. The van der Waals surface area contributed by atoms with Crippen LogP contribution in [0.15, 0.2) is 0 Å². The van der Waals surface area contributed by atoms with E-state index in [1.54, 1.807) is 13.8 Å². The van der Waals surface area contributed by atoms with E-state index in [0.717, 1.165) is 0 Å². The van der Waals surface area contributed by atoms with Crippen LogP contribution in [-0.4, -0.2) is 23.3 Å². The predicted molar refractivity (Wildman–Crippen MR) is 44.8 cm³/mol. The van der Waals surface area contributed by atoms with Gasteiger partial charge in [-0.2, -0.15) is 0 Å². The number of ether oxygens (including phenoxy) is 2. The van der Waals surface area contributed by atoms with E-state index in [1.165, 1.54) is 0 Å². The summed E-state index contributed by atoms with van der Waals surface area (Å²) in [5.41, 5.74) is -1.30. The van der Waals surface area contributed by atoms with Crippen LogP contribution in [0.3, 0.4) is 0 Å². The summed E-state index contributed by atoms with van der Waals surface area (Å²) in [6.07, 6.45) is -0.0646. The first-order valence-electron chi connectivity index (χ1n) is 4.17. The molecular formula is C9H16O3. The fraction of sp³-hybridized carbons (Fsp3) is 0.889. The SMILES string of the molecule is CC1OC(C)(C)C(=O)OC1(C)C. The third-order valence-corrected chi connectivity index (χ3v) is 2.30. The van der Waals surface area contributed by atoms with Gasteiger partial charge in [0.25, 0.3) is 0 Å². The first-order chi connectivity index (χ1) is 5.26. The van der Waals surface area contributed by atoms with Gasteiger partial charge in [0.05, 0.1) is 6.10 Å². The van der Waals surface area contributed by atoms with Crippen LogP contribution in [-0.2, 0) is 14.3 Å². The van der Waals surface area contributed by atoms with Gasteiger partial charge in [0, 0.05) is 0 Å². The number of hydrogen-bond donors (Lipinski definition) is 0. The zero-order valence-electron chi connectivity index (χ0n) is 8.30. The fourth-order valence-electron chi connectivity index (χ4n) is 1.08. The Balaban J connectivity index is 2.83. The zero-order valence-corrected chi connectivity index (χ0v) is 8.30. The molecule has 0 aromatic carbocycles. The molecule has 1 heterocycles. The molecule has 3 nitrogen and oxygen atoms in total. The zero-order chi connectivity index (χ0) is 9.57. The van der Waals surface area contributed by atoms with Crippen molar-refractivity contribution in [2.75, 3.05) is 0 Å². The molecule has 0 aromatic rings. The minimum Gasteiger partial charge on any atom is -0.455 e. The van der Waals surface area contributed by atoms with Gasteiger partial charge in [0.2, 0.25) is 0 Å². The molecule has 0 aliphatic carbocycles. The summed E-state index contributed by atoms with van der Waals surface area (Å²) in [6, 6.07) is 0. The van der Waals surface area contributed by atoms with E-state index < -0.39 is 11.2 Å². The van der Waals surface area contributed by atoms with E-state index >= 15 is 0 Å². The van der Waals surface area contributed by atoms with E-state index in [9.17, 15) is 4.79 Å². The number of esters is 1. The molecule has 1 aliphatic rings. The van der Waals surface area contributed by atoms with Crippen LogP contribution in [0.1, 0.15) is 34.6 Å². The highest BCUT2D eigenvalue weighted by Crippen LogP contribution is 2.30. The van der Waals surface area contributed by atoms with Gasteiger partial charge in [-0.3, -0.25) is 0 Å². The molecule has 12 heavy (non-hydrogen) atoms. The van der Waals surface area contributed by atoms with Crippen molar-refractivity contribution in [2.45, 2.75) is 51.9 Å². The van der Waals surface area contributed by atoms with E-state index in [4.69, 9.17) is 9.47 Å². The Hall–Kier alpha value is -0.570. The van der Waals surface area contributed by atoms with E-state index in [-0.39, 0.29) is 12.1 Å². The fourth-order valence-corrected chi connectivity index (χ4v) is 1.08. The van der Waals surface area contributed by atoms with Crippen molar-refractivity contribution in [3.63, 3.8) is 0 Å². The highest BCUT2D eigenvalue weighted by Gasteiger charge is 2.46. The molecule has 0 aromatic heterocycles. The minimum absolute atomic E-state index is 0.0646. The molecule has 1 aliphatic heterocycles. The van der Waals surface area contributed by atoms with Gasteiger partial charge in [-0.15, -0.1) is 0 Å². The summed E-state index contributed by atoms with van der Waals surface area (Å²) in [7, 11) is 0. The summed E-state index contributed by atoms with van der Waals surface area (Å²) in [4.78, 5) is 11.3. The highest BCUT2D eigenvalue weighted by molar-refractivity contribution is 5.79. The normalized spacial score (nSPS) is 32.8. The maximum absolute atomic E-state index is 11.3. The van der Waals surface area contributed by atoms with Crippen LogP contribution >= 0.6 is 0 Å². The van der Waals surface area contributed by atoms with Crippen molar-refractivity contribution in [1.29, 1.82) is 0 Å².